The normalized spacial score (nSPS) is 22.6. The van der Waals surface area contributed by atoms with Gasteiger partial charge in [0.2, 0.25) is 0 Å². The lowest BCUT2D eigenvalue weighted by Crippen LogP contribution is -2.31. The third-order valence-corrected chi connectivity index (χ3v) is 4.56. The molecule has 0 atom stereocenters. The summed E-state index contributed by atoms with van der Waals surface area (Å²) >= 11 is -0.0178. The van der Waals surface area contributed by atoms with Gasteiger partial charge in [0, 0.05) is 4.90 Å². The topological polar surface area (TPSA) is 26.0 Å². The highest BCUT2D eigenvalue weighted by molar-refractivity contribution is 8.00. The van der Waals surface area contributed by atoms with Gasteiger partial charge < -0.3 is 5.73 Å². The molecule has 20 heavy (non-hydrogen) atoms. The number of benzene rings is 1. The summed E-state index contributed by atoms with van der Waals surface area (Å²) in [5.74, 6) is 1.19. The van der Waals surface area contributed by atoms with Crippen LogP contribution in [0.2, 0.25) is 0 Å². The largest absolute Gasteiger partial charge is 0.446 e. The number of thioether (sulfide) groups is 1. The van der Waals surface area contributed by atoms with Crippen LogP contribution in [-0.2, 0) is 12.8 Å². The van der Waals surface area contributed by atoms with Crippen molar-refractivity contribution in [2.75, 3.05) is 6.54 Å². The van der Waals surface area contributed by atoms with Crippen LogP contribution in [0.3, 0.4) is 0 Å². The maximum atomic E-state index is 12.5. The van der Waals surface area contributed by atoms with E-state index in [9.17, 15) is 13.2 Å². The van der Waals surface area contributed by atoms with Gasteiger partial charge in [0.25, 0.3) is 0 Å². The van der Waals surface area contributed by atoms with Crippen LogP contribution >= 0.6 is 11.8 Å². The van der Waals surface area contributed by atoms with Gasteiger partial charge in [-0.3, -0.25) is 0 Å². The van der Waals surface area contributed by atoms with E-state index in [0.717, 1.165) is 43.4 Å². The summed E-state index contributed by atoms with van der Waals surface area (Å²) in [4.78, 5) is 0.307. The number of aryl methyl sites for hydroxylation is 1. The Morgan fingerprint density at radius 3 is 2.35 bits per heavy atom. The first-order chi connectivity index (χ1) is 9.39. The van der Waals surface area contributed by atoms with Crippen molar-refractivity contribution in [3.63, 3.8) is 0 Å². The van der Waals surface area contributed by atoms with Crippen molar-refractivity contribution in [1.29, 1.82) is 0 Å². The minimum absolute atomic E-state index is 0.0178. The minimum atomic E-state index is -4.22. The van der Waals surface area contributed by atoms with Crippen LogP contribution in [0.25, 0.3) is 0 Å². The zero-order valence-electron chi connectivity index (χ0n) is 11.5. The fourth-order valence-corrected chi connectivity index (χ4v) is 3.50. The Bertz CT molecular complexity index is 453. The first kappa shape index (κ1) is 15.7. The maximum absolute atomic E-state index is 12.5. The second-order valence-corrected chi connectivity index (χ2v) is 6.67. The molecular formula is C15H20F3NS. The van der Waals surface area contributed by atoms with Crippen molar-refractivity contribution in [2.45, 2.75) is 43.0 Å². The molecule has 112 valence electrons. The molecule has 1 aliphatic rings. The van der Waals surface area contributed by atoms with Gasteiger partial charge in [-0.2, -0.15) is 13.2 Å². The van der Waals surface area contributed by atoms with Gasteiger partial charge in [-0.15, -0.1) is 0 Å². The SMILES string of the molecule is CCc1cc(CC2CC(CN)C2)cc(SC(F)(F)F)c1. The van der Waals surface area contributed by atoms with Gasteiger partial charge in [-0.25, -0.2) is 0 Å². The summed E-state index contributed by atoms with van der Waals surface area (Å²) in [6.07, 6.45) is 3.84. The van der Waals surface area contributed by atoms with Crippen molar-refractivity contribution in [1.82, 2.24) is 0 Å². The third kappa shape index (κ3) is 4.42. The van der Waals surface area contributed by atoms with Crippen molar-refractivity contribution >= 4 is 11.8 Å². The molecule has 1 aromatic carbocycles. The number of alkyl halides is 3. The van der Waals surface area contributed by atoms with Gasteiger partial charge in [0.1, 0.15) is 0 Å². The van der Waals surface area contributed by atoms with Gasteiger partial charge in [-0.05, 0) is 79.1 Å². The standard InChI is InChI=1S/C15H20F3NS/c1-2-10-3-12(4-11-5-13(6-11)9-19)8-14(7-10)20-15(16,17)18/h3,7-8,11,13H,2,4-6,9,19H2,1H3. The van der Waals surface area contributed by atoms with Crippen molar-refractivity contribution in [3.8, 4) is 0 Å². The van der Waals surface area contributed by atoms with E-state index in [-0.39, 0.29) is 11.8 Å². The quantitative estimate of drug-likeness (QED) is 0.817. The number of rotatable bonds is 5. The smallest absolute Gasteiger partial charge is 0.330 e. The first-order valence-electron chi connectivity index (χ1n) is 6.98. The monoisotopic (exact) mass is 303 g/mol. The predicted octanol–water partition coefficient (Wildman–Crippen LogP) is 4.39. The van der Waals surface area contributed by atoms with E-state index < -0.39 is 5.51 Å². The van der Waals surface area contributed by atoms with Crippen molar-refractivity contribution in [2.24, 2.45) is 17.6 Å². The van der Waals surface area contributed by atoms with E-state index in [1.807, 2.05) is 13.0 Å². The molecule has 0 unspecified atom stereocenters. The first-order valence-corrected chi connectivity index (χ1v) is 7.80. The minimum Gasteiger partial charge on any atom is -0.330 e. The molecule has 1 aliphatic carbocycles. The van der Waals surface area contributed by atoms with E-state index in [1.54, 1.807) is 12.1 Å². The molecule has 0 bridgehead atoms. The molecule has 0 saturated heterocycles. The number of hydrogen-bond acceptors (Lipinski definition) is 2. The number of hydrogen-bond donors (Lipinski definition) is 1. The van der Waals surface area contributed by atoms with Crippen LogP contribution in [0.1, 0.15) is 30.9 Å². The van der Waals surface area contributed by atoms with Crippen LogP contribution in [0, 0.1) is 11.8 Å². The van der Waals surface area contributed by atoms with Crippen LogP contribution in [-0.4, -0.2) is 12.1 Å². The van der Waals surface area contributed by atoms with Crippen LogP contribution in [0.4, 0.5) is 13.2 Å². The highest BCUT2D eigenvalue weighted by Gasteiger charge is 2.30. The molecule has 0 amide bonds. The molecule has 0 spiro atoms. The maximum Gasteiger partial charge on any atom is 0.446 e. The van der Waals surface area contributed by atoms with Crippen LogP contribution < -0.4 is 5.73 Å². The average Bonchev–Trinajstić information content (AvgIpc) is 2.30. The van der Waals surface area contributed by atoms with E-state index in [0.29, 0.717) is 16.7 Å². The lowest BCUT2D eigenvalue weighted by molar-refractivity contribution is -0.0328. The summed E-state index contributed by atoms with van der Waals surface area (Å²) in [6, 6.07) is 5.37. The van der Waals surface area contributed by atoms with Gasteiger partial charge in [-0.1, -0.05) is 13.0 Å². The third-order valence-electron chi connectivity index (χ3n) is 3.86. The number of halogens is 3. The summed E-state index contributed by atoms with van der Waals surface area (Å²) in [7, 11) is 0. The zero-order chi connectivity index (χ0) is 14.8. The lowest BCUT2D eigenvalue weighted by Gasteiger charge is -2.34. The highest BCUT2D eigenvalue weighted by atomic mass is 32.2. The fourth-order valence-electron chi connectivity index (χ4n) is 2.81. The van der Waals surface area contributed by atoms with Crippen LogP contribution in [0.15, 0.2) is 23.1 Å². The Labute approximate surface area is 122 Å². The molecule has 0 radical (unpaired) electrons. The van der Waals surface area contributed by atoms with Crippen LogP contribution in [0.5, 0.6) is 0 Å². The Kier molecular flexibility index (Phi) is 5.02. The van der Waals surface area contributed by atoms with Crippen molar-refractivity contribution < 1.29 is 13.2 Å². The molecule has 0 aliphatic heterocycles. The highest BCUT2D eigenvalue weighted by Crippen LogP contribution is 2.39. The molecule has 1 aromatic rings. The predicted molar refractivity (Wildman–Crippen MR) is 76.7 cm³/mol. The number of nitrogens with two attached hydrogens (primary N) is 1. The molecule has 1 fully saturated rings. The zero-order valence-corrected chi connectivity index (χ0v) is 12.4. The molecule has 2 N–H and O–H groups in total. The second kappa shape index (κ2) is 6.39. The Morgan fingerprint density at radius 2 is 1.80 bits per heavy atom. The molecule has 2 rings (SSSR count). The van der Waals surface area contributed by atoms with E-state index in [2.05, 4.69) is 0 Å². The van der Waals surface area contributed by atoms with E-state index >= 15 is 0 Å². The summed E-state index contributed by atoms with van der Waals surface area (Å²) in [6.45, 7) is 2.69. The Morgan fingerprint density at radius 1 is 1.15 bits per heavy atom. The molecular weight excluding hydrogens is 283 g/mol. The summed E-state index contributed by atoms with van der Waals surface area (Å²) in [5, 5.41) is 0. The van der Waals surface area contributed by atoms with E-state index in [1.165, 1.54) is 0 Å². The van der Waals surface area contributed by atoms with Gasteiger partial charge in [0.15, 0.2) is 0 Å². The van der Waals surface area contributed by atoms with Gasteiger partial charge >= 0.3 is 5.51 Å². The fraction of sp³-hybridized carbons (Fsp3) is 0.600. The second-order valence-electron chi connectivity index (χ2n) is 5.53. The summed E-state index contributed by atoms with van der Waals surface area (Å²) in [5.41, 5.74) is 3.38. The molecule has 0 heterocycles. The molecule has 0 aromatic heterocycles. The summed E-state index contributed by atoms with van der Waals surface area (Å²) < 4.78 is 37.5. The lowest BCUT2D eigenvalue weighted by atomic mass is 9.72. The Hall–Kier alpha value is -0.680. The molecule has 1 saturated carbocycles. The van der Waals surface area contributed by atoms with E-state index in [4.69, 9.17) is 5.73 Å². The van der Waals surface area contributed by atoms with Gasteiger partial charge in [0.05, 0.1) is 0 Å². The Balaban J connectivity index is 2.06. The van der Waals surface area contributed by atoms with Crippen molar-refractivity contribution in [3.05, 3.63) is 29.3 Å². The average molecular weight is 303 g/mol. The molecule has 5 heteroatoms. The molecule has 1 nitrogen and oxygen atoms in total.